The van der Waals surface area contributed by atoms with E-state index in [1.54, 1.807) is 7.11 Å². The molecule has 4 aliphatic rings. The molecule has 9 heteroatoms. The summed E-state index contributed by atoms with van der Waals surface area (Å²) in [5.41, 5.74) is 0.158. The van der Waals surface area contributed by atoms with Crippen LogP contribution >= 0.6 is 0 Å². The molecule has 180 valence electrons. The van der Waals surface area contributed by atoms with Gasteiger partial charge in [-0.3, -0.25) is 25.8 Å². The van der Waals surface area contributed by atoms with Gasteiger partial charge in [-0.2, -0.15) is 5.01 Å². The average Bonchev–Trinajstić information content (AvgIpc) is 3.09. The number of nitrogens with zero attached hydrogens (tertiary/aromatic N) is 2. The Kier molecular flexibility index (Phi) is 6.32. The summed E-state index contributed by atoms with van der Waals surface area (Å²) < 4.78 is 5.34. The molecular weight excluding hydrogens is 420 g/mol. The number of piperidine rings is 1. The van der Waals surface area contributed by atoms with Gasteiger partial charge in [-0.15, -0.1) is 0 Å². The molecule has 6 atom stereocenters. The summed E-state index contributed by atoms with van der Waals surface area (Å²) in [6.07, 6.45) is 8.22. The minimum Gasteiger partial charge on any atom is -0.497 e. The number of aliphatic hydroxyl groups is 1. The molecule has 5 N–H and O–H groups in total. The first-order valence-electron chi connectivity index (χ1n) is 12.1. The number of hydrazine groups is 1. The van der Waals surface area contributed by atoms with Crippen molar-refractivity contribution in [1.29, 1.82) is 0 Å². The number of allylic oxidation sites excluding steroid dienone is 1. The highest BCUT2D eigenvalue weighted by atomic mass is 16.5. The summed E-state index contributed by atoms with van der Waals surface area (Å²) in [5, 5.41) is 29.5. The molecule has 1 amide bonds. The molecule has 0 radical (unpaired) electrons. The summed E-state index contributed by atoms with van der Waals surface area (Å²) in [5.74, 6) is 0.756. The fraction of sp³-hybridized carbons (Fsp3) is 0.625. The smallest absolute Gasteiger partial charge is 0.244 e. The number of hydrogen-bond donors (Lipinski definition) is 5. The van der Waals surface area contributed by atoms with E-state index >= 15 is 0 Å². The van der Waals surface area contributed by atoms with Crippen LogP contribution in [0.4, 0.5) is 5.69 Å². The number of rotatable bonds is 3. The number of methoxy groups -OCH3 is 1. The summed E-state index contributed by atoms with van der Waals surface area (Å²) in [6, 6.07) is 7.82. The normalized spacial score (nSPS) is 38.1. The second kappa shape index (κ2) is 9.23. The number of amides is 1. The van der Waals surface area contributed by atoms with Crippen molar-refractivity contribution in [3.63, 3.8) is 0 Å². The maximum Gasteiger partial charge on any atom is 0.244 e. The molecule has 0 saturated carbocycles. The fourth-order valence-electron chi connectivity index (χ4n) is 5.61. The van der Waals surface area contributed by atoms with Gasteiger partial charge in [0.25, 0.3) is 0 Å². The lowest BCUT2D eigenvalue weighted by atomic mass is 9.85. The standard InChI is InChI=1S/C24H36N6O3/c1-24(32)12-4-3-5-13-29-22(31)18-15-25-23(26-16-8-6-9-17(14-16)33-2)28-21(18)30(29)20-11-7-10-19(24)27-20/h3,5-6,8-9,14,18-21,23,25-28,32H,4,7,10-13,15H2,1-2H3/b5-3-/t18?,19?,20?,21?,23?,24-/m0/s1. The third-order valence-corrected chi connectivity index (χ3v) is 7.47. The Labute approximate surface area is 195 Å². The van der Waals surface area contributed by atoms with Gasteiger partial charge in [0, 0.05) is 24.3 Å². The van der Waals surface area contributed by atoms with E-state index in [0.717, 1.165) is 37.1 Å². The predicted octanol–water partition coefficient (Wildman–Crippen LogP) is 1.15. The number of carbonyl (C=O) groups is 1. The van der Waals surface area contributed by atoms with Gasteiger partial charge in [0.1, 0.15) is 12.0 Å². The Morgan fingerprint density at radius 3 is 2.97 bits per heavy atom. The van der Waals surface area contributed by atoms with Crippen molar-refractivity contribution in [2.45, 2.75) is 69.3 Å². The molecule has 0 aliphatic carbocycles. The van der Waals surface area contributed by atoms with E-state index in [2.05, 4.69) is 38.4 Å². The molecule has 5 rings (SSSR count). The Morgan fingerprint density at radius 1 is 1.24 bits per heavy atom. The zero-order valence-electron chi connectivity index (χ0n) is 19.5. The van der Waals surface area contributed by atoms with Crippen LogP contribution in [-0.4, -0.2) is 71.5 Å². The topological polar surface area (TPSA) is 101 Å². The third-order valence-electron chi connectivity index (χ3n) is 7.47. The van der Waals surface area contributed by atoms with Gasteiger partial charge in [0.05, 0.1) is 37.5 Å². The second-order valence-electron chi connectivity index (χ2n) is 9.77. The third kappa shape index (κ3) is 4.48. The Hall–Kier alpha value is -2.17. The molecule has 1 aromatic rings. The molecule has 4 heterocycles. The number of ether oxygens (including phenoxy) is 1. The number of anilines is 1. The Morgan fingerprint density at radius 2 is 2.12 bits per heavy atom. The molecule has 9 nitrogen and oxygen atoms in total. The first-order valence-corrected chi connectivity index (χ1v) is 12.1. The monoisotopic (exact) mass is 456 g/mol. The van der Waals surface area contributed by atoms with Crippen LogP contribution < -0.4 is 26.0 Å². The maximum absolute atomic E-state index is 13.4. The van der Waals surface area contributed by atoms with E-state index in [-0.39, 0.29) is 36.5 Å². The zero-order valence-corrected chi connectivity index (χ0v) is 19.5. The molecule has 0 aromatic heterocycles. The van der Waals surface area contributed by atoms with Crippen LogP contribution in [-0.2, 0) is 4.79 Å². The average molecular weight is 457 g/mol. The minimum absolute atomic E-state index is 0.00572. The first-order chi connectivity index (χ1) is 16.0. The van der Waals surface area contributed by atoms with Crippen LogP contribution in [0.15, 0.2) is 36.4 Å². The van der Waals surface area contributed by atoms with Crippen LogP contribution in [0.25, 0.3) is 0 Å². The molecule has 33 heavy (non-hydrogen) atoms. The van der Waals surface area contributed by atoms with E-state index in [1.807, 2.05) is 36.2 Å². The highest BCUT2D eigenvalue weighted by Gasteiger charge is 2.52. The highest BCUT2D eigenvalue weighted by molar-refractivity contribution is 5.82. The van der Waals surface area contributed by atoms with Crippen LogP contribution in [0.3, 0.4) is 0 Å². The maximum atomic E-state index is 13.4. The highest BCUT2D eigenvalue weighted by Crippen LogP contribution is 2.34. The van der Waals surface area contributed by atoms with Crippen molar-refractivity contribution < 1.29 is 14.6 Å². The van der Waals surface area contributed by atoms with Gasteiger partial charge >= 0.3 is 0 Å². The number of hydrogen-bond acceptors (Lipinski definition) is 8. The predicted molar refractivity (Wildman–Crippen MR) is 126 cm³/mol. The van der Waals surface area contributed by atoms with Gasteiger partial charge in [-0.05, 0) is 51.2 Å². The first kappa shape index (κ1) is 22.6. The Balaban J connectivity index is 1.39. The quantitative estimate of drug-likeness (QED) is 0.432. The molecule has 1 aromatic carbocycles. The van der Waals surface area contributed by atoms with Crippen molar-refractivity contribution in [3.8, 4) is 5.75 Å². The van der Waals surface area contributed by atoms with Gasteiger partial charge < -0.3 is 15.2 Å². The van der Waals surface area contributed by atoms with E-state index in [1.165, 1.54) is 0 Å². The van der Waals surface area contributed by atoms with Crippen molar-refractivity contribution in [2.24, 2.45) is 5.92 Å². The van der Waals surface area contributed by atoms with Gasteiger partial charge in [-0.1, -0.05) is 18.2 Å². The summed E-state index contributed by atoms with van der Waals surface area (Å²) >= 11 is 0. The Bertz CT molecular complexity index is 893. The SMILES string of the molecule is COc1cccc(NC2NCC3C(=O)N4C/C=C\CC[C@](C)(O)C5CCCC(N5)N4C3N2)c1. The van der Waals surface area contributed by atoms with Crippen LogP contribution in [0.5, 0.6) is 5.75 Å². The zero-order chi connectivity index (χ0) is 23.0. The fourth-order valence-corrected chi connectivity index (χ4v) is 5.61. The number of fused-ring (bicyclic) bond motifs is 6. The van der Waals surface area contributed by atoms with Crippen molar-refractivity contribution in [3.05, 3.63) is 36.4 Å². The van der Waals surface area contributed by atoms with E-state index in [9.17, 15) is 9.90 Å². The lowest BCUT2D eigenvalue weighted by molar-refractivity contribution is -0.146. The number of carbonyl (C=O) groups excluding carboxylic acids is 1. The lowest BCUT2D eigenvalue weighted by Crippen LogP contribution is -2.69. The van der Waals surface area contributed by atoms with Crippen LogP contribution in [0.2, 0.25) is 0 Å². The molecule has 4 aliphatic heterocycles. The minimum atomic E-state index is -0.778. The molecule has 0 spiro atoms. The largest absolute Gasteiger partial charge is 0.497 e. The van der Waals surface area contributed by atoms with E-state index in [0.29, 0.717) is 19.5 Å². The van der Waals surface area contributed by atoms with Crippen molar-refractivity contribution in [1.82, 2.24) is 26.0 Å². The molecular formula is C24H36N6O3. The summed E-state index contributed by atoms with van der Waals surface area (Å²) in [6.45, 7) is 3.07. The van der Waals surface area contributed by atoms with Gasteiger partial charge in [0.2, 0.25) is 5.91 Å². The van der Waals surface area contributed by atoms with Crippen molar-refractivity contribution >= 4 is 11.6 Å². The summed E-state index contributed by atoms with van der Waals surface area (Å²) in [7, 11) is 1.66. The van der Waals surface area contributed by atoms with Gasteiger partial charge in [0.15, 0.2) is 0 Å². The van der Waals surface area contributed by atoms with Crippen molar-refractivity contribution in [2.75, 3.05) is 25.5 Å². The lowest BCUT2D eigenvalue weighted by Gasteiger charge is -2.47. The molecule has 5 unspecified atom stereocenters. The van der Waals surface area contributed by atoms with Crippen LogP contribution in [0, 0.1) is 5.92 Å². The number of nitrogens with one attached hydrogen (secondary N) is 4. The molecule has 3 fully saturated rings. The van der Waals surface area contributed by atoms with Crippen LogP contribution in [0.1, 0.15) is 39.0 Å². The molecule has 3 saturated heterocycles. The number of benzene rings is 1. The molecule has 2 bridgehead atoms. The van der Waals surface area contributed by atoms with E-state index < -0.39 is 5.60 Å². The second-order valence-corrected chi connectivity index (χ2v) is 9.77. The van der Waals surface area contributed by atoms with Gasteiger partial charge in [-0.25, -0.2) is 0 Å². The van der Waals surface area contributed by atoms with E-state index in [4.69, 9.17) is 4.74 Å². The summed E-state index contributed by atoms with van der Waals surface area (Å²) in [4.78, 5) is 13.4.